The van der Waals surface area contributed by atoms with Gasteiger partial charge in [-0.1, -0.05) is 12.1 Å². The first-order chi connectivity index (χ1) is 11.2. The Hall–Kier alpha value is -2.40. The first-order valence-corrected chi connectivity index (χ1v) is 7.87. The van der Waals surface area contributed by atoms with E-state index < -0.39 is 0 Å². The average molecular weight is 311 g/mol. The Kier molecular flexibility index (Phi) is 4.88. The maximum Gasteiger partial charge on any atom is 0.254 e. The Morgan fingerprint density at radius 2 is 2.30 bits per heavy atom. The van der Waals surface area contributed by atoms with E-state index in [2.05, 4.69) is 17.2 Å². The van der Waals surface area contributed by atoms with Crippen LogP contribution >= 0.6 is 0 Å². The highest BCUT2D eigenvalue weighted by Crippen LogP contribution is 2.17. The Labute approximate surface area is 136 Å². The molecule has 0 bridgehead atoms. The summed E-state index contributed by atoms with van der Waals surface area (Å²) in [7, 11) is 0. The first-order valence-electron chi connectivity index (χ1n) is 7.87. The Morgan fingerprint density at radius 1 is 1.39 bits per heavy atom. The number of nitrogens with zero attached hydrogens (tertiary/aromatic N) is 2. The minimum Gasteiger partial charge on any atom is -0.489 e. The highest BCUT2D eigenvalue weighted by Gasteiger charge is 2.21. The number of pyridine rings is 1. The Balaban J connectivity index is 1.66. The standard InChI is InChI=1S/C18H21N3O2/c1-14-12-21(9-8-20-14)18(22)16-5-2-6-17(10-16)23-13-15-4-3-7-19-11-15/h2-7,10-11,14,20H,8-9,12-13H2,1H3/t14-/m1/s1. The van der Waals surface area contributed by atoms with Gasteiger partial charge in [0.25, 0.3) is 5.91 Å². The molecule has 1 amide bonds. The van der Waals surface area contributed by atoms with Crippen LogP contribution in [-0.4, -0.2) is 41.5 Å². The van der Waals surface area contributed by atoms with Gasteiger partial charge in [0, 0.05) is 49.2 Å². The smallest absolute Gasteiger partial charge is 0.254 e. The van der Waals surface area contributed by atoms with Crippen molar-refractivity contribution in [2.75, 3.05) is 19.6 Å². The van der Waals surface area contributed by atoms with E-state index in [9.17, 15) is 4.79 Å². The number of carbonyl (C=O) groups excluding carboxylic acids is 1. The summed E-state index contributed by atoms with van der Waals surface area (Å²) >= 11 is 0. The van der Waals surface area contributed by atoms with Gasteiger partial charge in [0.15, 0.2) is 0 Å². The van der Waals surface area contributed by atoms with Crippen molar-refractivity contribution in [2.24, 2.45) is 0 Å². The minimum absolute atomic E-state index is 0.0603. The van der Waals surface area contributed by atoms with Crippen molar-refractivity contribution in [1.29, 1.82) is 0 Å². The molecule has 1 fully saturated rings. The normalized spacial score (nSPS) is 17.8. The summed E-state index contributed by atoms with van der Waals surface area (Å²) in [6, 6.07) is 11.6. The Morgan fingerprint density at radius 3 is 3.09 bits per heavy atom. The van der Waals surface area contributed by atoms with Crippen LogP contribution < -0.4 is 10.1 Å². The fourth-order valence-corrected chi connectivity index (χ4v) is 2.67. The lowest BCUT2D eigenvalue weighted by Gasteiger charge is -2.32. The molecule has 120 valence electrons. The number of hydrogen-bond donors (Lipinski definition) is 1. The molecule has 2 aromatic rings. The summed E-state index contributed by atoms with van der Waals surface area (Å²) < 4.78 is 5.77. The predicted octanol–water partition coefficient (Wildman–Crippen LogP) is 2.09. The van der Waals surface area contributed by atoms with Crippen LogP contribution in [0.3, 0.4) is 0 Å². The average Bonchev–Trinajstić information content (AvgIpc) is 2.60. The second kappa shape index (κ2) is 7.24. The molecule has 1 saturated heterocycles. The summed E-state index contributed by atoms with van der Waals surface area (Å²) in [4.78, 5) is 18.6. The largest absolute Gasteiger partial charge is 0.489 e. The van der Waals surface area contributed by atoms with Crippen LogP contribution in [0.5, 0.6) is 5.75 Å². The van der Waals surface area contributed by atoms with Gasteiger partial charge < -0.3 is 15.0 Å². The van der Waals surface area contributed by atoms with Gasteiger partial charge in [0.2, 0.25) is 0 Å². The number of hydrogen-bond acceptors (Lipinski definition) is 4. The molecule has 0 spiro atoms. The number of benzene rings is 1. The third-order valence-corrected chi connectivity index (χ3v) is 3.87. The highest BCUT2D eigenvalue weighted by atomic mass is 16.5. The Bertz CT molecular complexity index is 660. The van der Waals surface area contributed by atoms with E-state index in [-0.39, 0.29) is 5.91 Å². The van der Waals surface area contributed by atoms with Crippen molar-refractivity contribution in [3.8, 4) is 5.75 Å². The maximum atomic E-state index is 12.6. The van der Waals surface area contributed by atoms with Crippen LogP contribution in [0.1, 0.15) is 22.8 Å². The molecule has 1 atom stereocenters. The minimum atomic E-state index is 0.0603. The van der Waals surface area contributed by atoms with Gasteiger partial charge in [0.1, 0.15) is 12.4 Å². The summed E-state index contributed by atoms with van der Waals surface area (Å²) in [5.74, 6) is 0.757. The molecule has 0 saturated carbocycles. The summed E-state index contributed by atoms with van der Waals surface area (Å²) in [5.41, 5.74) is 1.67. The van der Waals surface area contributed by atoms with Crippen molar-refractivity contribution < 1.29 is 9.53 Å². The van der Waals surface area contributed by atoms with Gasteiger partial charge >= 0.3 is 0 Å². The van der Waals surface area contributed by atoms with Crippen LogP contribution in [0.15, 0.2) is 48.8 Å². The lowest BCUT2D eigenvalue weighted by atomic mass is 10.1. The maximum absolute atomic E-state index is 12.6. The van der Waals surface area contributed by atoms with Gasteiger partial charge in [-0.25, -0.2) is 0 Å². The van der Waals surface area contributed by atoms with E-state index in [1.165, 1.54) is 0 Å². The van der Waals surface area contributed by atoms with E-state index >= 15 is 0 Å². The fraction of sp³-hybridized carbons (Fsp3) is 0.333. The second-order valence-electron chi connectivity index (χ2n) is 5.78. The molecular formula is C18H21N3O2. The SMILES string of the molecule is C[C@@H]1CN(C(=O)c2cccc(OCc3cccnc3)c2)CCN1. The molecular weight excluding hydrogens is 290 g/mol. The third-order valence-electron chi connectivity index (χ3n) is 3.87. The quantitative estimate of drug-likeness (QED) is 0.939. The number of aromatic nitrogens is 1. The van der Waals surface area contributed by atoms with Crippen LogP contribution in [-0.2, 0) is 6.61 Å². The zero-order valence-electron chi connectivity index (χ0n) is 13.2. The van der Waals surface area contributed by atoms with E-state index in [1.807, 2.05) is 41.3 Å². The summed E-state index contributed by atoms with van der Waals surface area (Å²) in [6.45, 7) is 4.84. The van der Waals surface area contributed by atoms with Crippen molar-refractivity contribution in [2.45, 2.75) is 19.6 Å². The molecule has 23 heavy (non-hydrogen) atoms. The molecule has 0 radical (unpaired) electrons. The molecule has 5 nitrogen and oxygen atoms in total. The van der Waals surface area contributed by atoms with Crippen molar-refractivity contribution in [1.82, 2.24) is 15.2 Å². The number of rotatable bonds is 4. The molecule has 2 heterocycles. The molecule has 0 unspecified atom stereocenters. The molecule has 1 aromatic carbocycles. The third kappa shape index (κ3) is 4.07. The van der Waals surface area contributed by atoms with Gasteiger partial charge in [-0.2, -0.15) is 0 Å². The monoisotopic (exact) mass is 311 g/mol. The zero-order valence-corrected chi connectivity index (χ0v) is 13.2. The van der Waals surface area contributed by atoms with Gasteiger partial charge in [-0.05, 0) is 31.2 Å². The van der Waals surface area contributed by atoms with E-state index in [0.717, 1.165) is 25.2 Å². The molecule has 1 aliphatic rings. The molecule has 0 aliphatic carbocycles. The number of nitrogens with one attached hydrogen (secondary N) is 1. The molecule has 1 aromatic heterocycles. The summed E-state index contributed by atoms with van der Waals surface area (Å²) in [6.07, 6.45) is 3.51. The van der Waals surface area contributed by atoms with Crippen LogP contribution in [0.25, 0.3) is 0 Å². The van der Waals surface area contributed by atoms with Crippen LogP contribution in [0.2, 0.25) is 0 Å². The fourth-order valence-electron chi connectivity index (χ4n) is 2.67. The molecule has 1 aliphatic heterocycles. The van der Waals surface area contributed by atoms with Crippen molar-refractivity contribution in [3.63, 3.8) is 0 Å². The van der Waals surface area contributed by atoms with Crippen molar-refractivity contribution in [3.05, 3.63) is 59.9 Å². The van der Waals surface area contributed by atoms with E-state index in [1.54, 1.807) is 12.4 Å². The molecule has 5 heteroatoms. The highest BCUT2D eigenvalue weighted by molar-refractivity contribution is 5.94. The lowest BCUT2D eigenvalue weighted by Crippen LogP contribution is -2.51. The number of amides is 1. The summed E-state index contributed by atoms with van der Waals surface area (Å²) in [5, 5.41) is 3.34. The van der Waals surface area contributed by atoms with Gasteiger partial charge in [-0.3, -0.25) is 9.78 Å². The van der Waals surface area contributed by atoms with Crippen LogP contribution in [0.4, 0.5) is 0 Å². The van der Waals surface area contributed by atoms with Crippen molar-refractivity contribution >= 4 is 5.91 Å². The second-order valence-corrected chi connectivity index (χ2v) is 5.78. The number of piperazine rings is 1. The van der Waals surface area contributed by atoms with Crippen LogP contribution in [0, 0.1) is 0 Å². The van der Waals surface area contributed by atoms with Gasteiger partial charge in [-0.15, -0.1) is 0 Å². The number of carbonyl (C=O) groups is 1. The van der Waals surface area contributed by atoms with E-state index in [0.29, 0.717) is 24.0 Å². The lowest BCUT2D eigenvalue weighted by molar-refractivity contribution is 0.0708. The van der Waals surface area contributed by atoms with E-state index in [4.69, 9.17) is 4.74 Å². The predicted molar refractivity (Wildman–Crippen MR) is 88.4 cm³/mol. The first kappa shape index (κ1) is 15.5. The zero-order chi connectivity index (χ0) is 16.1. The molecule has 3 rings (SSSR count). The van der Waals surface area contributed by atoms with Gasteiger partial charge in [0.05, 0.1) is 0 Å². The molecule has 1 N–H and O–H groups in total. The number of ether oxygens (including phenoxy) is 1. The topological polar surface area (TPSA) is 54.5 Å².